The fourth-order valence-corrected chi connectivity index (χ4v) is 5.55. The Bertz CT molecular complexity index is 1490. The molecule has 0 spiro atoms. The molecule has 4 aromatic rings. The molecular weight excluding hydrogens is 458 g/mol. The minimum Gasteiger partial charge on any atom is -0.347 e. The molecule has 5 heteroatoms. The highest BCUT2D eigenvalue weighted by Gasteiger charge is 2.59. The zero-order valence-corrected chi connectivity index (χ0v) is 20.1. The van der Waals surface area contributed by atoms with E-state index in [1.165, 1.54) is 0 Å². The molecule has 0 aromatic heterocycles. The third kappa shape index (κ3) is 3.76. The Hall–Kier alpha value is -4.77. The van der Waals surface area contributed by atoms with E-state index in [1.54, 1.807) is 18.2 Å². The molecule has 0 aliphatic carbocycles. The van der Waals surface area contributed by atoms with Gasteiger partial charge in [0, 0.05) is 12.6 Å². The lowest BCUT2D eigenvalue weighted by Gasteiger charge is -2.59. The number of aliphatic imine (C=N–C) groups is 1. The smallest absolute Gasteiger partial charge is 0.276 e. The monoisotopic (exact) mass is 483 g/mol. The van der Waals surface area contributed by atoms with Crippen LogP contribution in [0.25, 0.3) is 11.8 Å². The van der Waals surface area contributed by atoms with Crippen LogP contribution in [0.15, 0.2) is 132 Å². The van der Waals surface area contributed by atoms with Gasteiger partial charge in [0.15, 0.2) is 0 Å². The maximum Gasteiger partial charge on any atom is 0.276 e. The van der Waals surface area contributed by atoms with Gasteiger partial charge < -0.3 is 4.90 Å². The second-order valence-electron chi connectivity index (χ2n) is 9.20. The van der Waals surface area contributed by atoms with Gasteiger partial charge in [0.05, 0.1) is 22.2 Å². The van der Waals surface area contributed by atoms with Crippen molar-refractivity contribution in [2.75, 3.05) is 6.54 Å². The lowest BCUT2D eigenvalue weighted by Crippen LogP contribution is -2.71. The summed E-state index contributed by atoms with van der Waals surface area (Å²) in [7, 11) is 0. The van der Waals surface area contributed by atoms with Crippen molar-refractivity contribution in [3.63, 3.8) is 0 Å². The van der Waals surface area contributed by atoms with E-state index in [-0.39, 0.29) is 16.7 Å². The van der Waals surface area contributed by atoms with E-state index in [2.05, 4.69) is 77.7 Å². The highest BCUT2D eigenvalue weighted by Crippen LogP contribution is 2.51. The van der Waals surface area contributed by atoms with Crippen molar-refractivity contribution in [2.45, 2.75) is 11.5 Å². The molecule has 6 rings (SSSR count). The SMILES string of the molecule is O=[N+]([O-])c1ccccc1/C=C/C1N2CC=C(c3ccccc3)N=C2C1(c1ccccc1)c1ccccc1. The molecule has 4 aromatic carbocycles. The Morgan fingerprint density at radius 2 is 1.38 bits per heavy atom. The molecule has 1 unspecified atom stereocenters. The van der Waals surface area contributed by atoms with Crippen molar-refractivity contribution in [2.24, 2.45) is 4.99 Å². The molecule has 37 heavy (non-hydrogen) atoms. The van der Waals surface area contributed by atoms with Gasteiger partial charge in [0.25, 0.3) is 5.69 Å². The van der Waals surface area contributed by atoms with Crippen LogP contribution in [0, 0.1) is 10.1 Å². The second kappa shape index (κ2) is 9.36. The molecule has 1 atom stereocenters. The van der Waals surface area contributed by atoms with Crippen molar-refractivity contribution in [1.82, 2.24) is 4.90 Å². The van der Waals surface area contributed by atoms with Crippen LogP contribution in [-0.4, -0.2) is 28.2 Å². The van der Waals surface area contributed by atoms with Crippen LogP contribution < -0.4 is 0 Å². The molecule has 0 N–H and O–H groups in total. The molecule has 5 nitrogen and oxygen atoms in total. The number of amidine groups is 1. The summed E-state index contributed by atoms with van der Waals surface area (Å²) in [6.45, 7) is 0.705. The van der Waals surface area contributed by atoms with E-state index in [0.717, 1.165) is 28.2 Å². The molecule has 2 heterocycles. The van der Waals surface area contributed by atoms with Gasteiger partial charge in [-0.2, -0.15) is 0 Å². The van der Waals surface area contributed by atoms with Gasteiger partial charge in [0.1, 0.15) is 11.3 Å². The lowest BCUT2D eigenvalue weighted by molar-refractivity contribution is -0.385. The van der Waals surface area contributed by atoms with Gasteiger partial charge in [0.2, 0.25) is 0 Å². The van der Waals surface area contributed by atoms with Gasteiger partial charge in [-0.05, 0) is 34.9 Å². The molecule has 0 bridgehead atoms. The first-order valence-corrected chi connectivity index (χ1v) is 12.3. The molecule has 180 valence electrons. The van der Waals surface area contributed by atoms with E-state index in [1.807, 2.05) is 42.5 Å². The Balaban J connectivity index is 1.53. The van der Waals surface area contributed by atoms with Crippen LogP contribution in [0.3, 0.4) is 0 Å². The first-order valence-electron chi connectivity index (χ1n) is 12.3. The summed E-state index contributed by atoms with van der Waals surface area (Å²) in [6.07, 6.45) is 6.14. The summed E-state index contributed by atoms with van der Waals surface area (Å²) in [4.78, 5) is 18.9. The van der Waals surface area contributed by atoms with Gasteiger partial charge in [-0.25, -0.2) is 4.99 Å². The van der Waals surface area contributed by atoms with E-state index < -0.39 is 5.41 Å². The first kappa shape index (κ1) is 22.7. The van der Waals surface area contributed by atoms with Crippen molar-refractivity contribution in [3.05, 3.63) is 160 Å². The van der Waals surface area contributed by atoms with Gasteiger partial charge in [-0.1, -0.05) is 109 Å². The van der Waals surface area contributed by atoms with Gasteiger partial charge in [-0.3, -0.25) is 10.1 Å². The number of hydrogen-bond donors (Lipinski definition) is 0. The third-order valence-electron chi connectivity index (χ3n) is 7.23. The number of benzene rings is 4. The van der Waals surface area contributed by atoms with Crippen LogP contribution in [0.2, 0.25) is 0 Å². The third-order valence-corrected chi connectivity index (χ3v) is 7.23. The Morgan fingerprint density at radius 1 is 0.811 bits per heavy atom. The highest BCUT2D eigenvalue weighted by atomic mass is 16.6. The summed E-state index contributed by atoms with van der Waals surface area (Å²) >= 11 is 0. The average Bonchev–Trinajstić information content (AvgIpc) is 2.95. The van der Waals surface area contributed by atoms with E-state index in [9.17, 15) is 10.1 Å². The number of nitro groups is 1. The number of hydrogen-bond acceptors (Lipinski definition) is 4. The van der Waals surface area contributed by atoms with Crippen molar-refractivity contribution in [3.8, 4) is 0 Å². The number of para-hydroxylation sites is 1. The van der Waals surface area contributed by atoms with Crippen LogP contribution in [0.4, 0.5) is 5.69 Å². The van der Waals surface area contributed by atoms with Crippen LogP contribution in [0.1, 0.15) is 22.3 Å². The molecule has 2 aliphatic rings. The molecule has 2 aliphatic heterocycles. The zero-order valence-electron chi connectivity index (χ0n) is 20.1. The molecule has 0 saturated carbocycles. The van der Waals surface area contributed by atoms with E-state index in [0.29, 0.717) is 12.1 Å². The molecule has 0 radical (unpaired) electrons. The standard InChI is InChI=1S/C32H25N3O2/c36-35(37)29-19-11-10-14-25(29)20-21-30-32(26-15-6-2-7-16-26,27-17-8-3-9-18-27)31-33-28(22-23-34(30)31)24-12-4-1-5-13-24/h1-22,30H,23H2/b21-20+. The summed E-state index contributed by atoms with van der Waals surface area (Å²) in [5.74, 6) is 0.989. The van der Waals surface area contributed by atoms with E-state index in [4.69, 9.17) is 4.99 Å². The maximum atomic E-state index is 11.7. The molecule has 1 fully saturated rings. The van der Waals surface area contributed by atoms with E-state index >= 15 is 0 Å². The second-order valence-corrected chi connectivity index (χ2v) is 9.20. The van der Waals surface area contributed by atoms with Crippen molar-refractivity contribution < 1.29 is 4.92 Å². The Kier molecular flexibility index (Phi) is 5.73. The fourth-order valence-electron chi connectivity index (χ4n) is 5.55. The quantitative estimate of drug-likeness (QED) is 0.226. The number of fused-ring (bicyclic) bond motifs is 1. The fraction of sp³-hybridized carbons (Fsp3) is 0.0938. The predicted octanol–water partition coefficient (Wildman–Crippen LogP) is 6.73. The number of nitrogens with zero attached hydrogens (tertiary/aromatic N) is 3. The summed E-state index contributed by atoms with van der Waals surface area (Å²) < 4.78 is 0. The summed E-state index contributed by atoms with van der Waals surface area (Å²) in [6, 6.07) is 37.9. The Morgan fingerprint density at radius 3 is 2.00 bits per heavy atom. The van der Waals surface area contributed by atoms with Crippen LogP contribution in [0.5, 0.6) is 0 Å². The Labute approximate surface area is 215 Å². The van der Waals surface area contributed by atoms with Gasteiger partial charge in [-0.15, -0.1) is 0 Å². The number of nitro benzene ring substituents is 1. The zero-order chi connectivity index (χ0) is 25.2. The topological polar surface area (TPSA) is 58.7 Å². The molecular formula is C32H25N3O2. The van der Waals surface area contributed by atoms with Crippen LogP contribution in [-0.2, 0) is 5.41 Å². The number of rotatable bonds is 6. The van der Waals surface area contributed by atoms with Crippen LogP contribution >= 0.6 is 0 Å². The molecule has 1 saturated heterocycles. The molecule has 0 amide bonds. The largest absolute Gasteiger partial charge is 0.347 e. The minimum absolute atomic E-state index is 0.0792. The summed E-state index contributed by atoms with van der Waals surface area (Å²) in [5.41, 5.74) is 4.49. The normalized spacial score (nSPS) is 17.9. The van der Waals surface area contributed by atoms with Crippen molar-refractivity contribution in [1.29, 1.82) is 0 Å². The van der Waals surface area contributed by atoms with Crippen molar-refractivity contribution >= 4 is 23.3 Å². The minimum atomic E-state index is -0.531. The maximum absolute atomic E-state index is 11.7. The van der Waals surface area contributed by atoms with Gasteiger partial charge >= 0.3 is 0 Å². The summed E-state index contributed by atoms with van der Waals surface area (Å²) in [5, 5.41) is 11.7. The highest BCUT2D eigenvalue weighted by molar-refractivity contribution is 6.07. The average molecular weight is 484 g/mol. The lowest BCUT2D eigenvalue weighted by atomic mass is 9.60. The first-order chi connectivity index (χ1) is 18.2. The predicted molar refractivity (Wildman–Crippen MR) is 148 cm³/mol.